The van der Waals surface area contributed by atoms with Gasteiger partial charge in [0, 0.05) is 11.1 Å². The van der Waals surface area contributed by atoms with Gasteiger partial charge in [0.25, 0.3) is 15.7 Å². The van der Waals surface area contributed by atoms with Crippen LogP contribution in [0.4, 0.5) is 11.6 Å². The number of hydrogen-bond donors (Lipinski definition) is 1. The number of aryl methyl sites for hydroxylation is 1. The van der Waals surface area contributed by atoms with Crippen molar-refractivity contribution in [1.82, 2.24) is 0 Å². The van der Waals surface area contributed by atoms with E-state index in [1.807, 2.05) is 67.6 Å². The fourth-order valence-corrected chi connectivity index (χ4v) is 4.16. The molecule has 0 atom stereocenters. The second-order valence-electron chi connectivity index (χ2n) is 6.75. The largest absolute Gasteiger partial charge is 0.450 e. The minimum atomic E-state index is -3.92. The van der Waals surface area contributed by atoms with Gasteiger partial charge >= 0.3 is 0 Å². The topological polar surface area (TPSA) is 63.7 Å². The molecule has 1 heterocycles. The Bertz CT molecular complexity index is 1320. The van der Waals surface area contributed by atoms with E-state index in [1.165, 1.54) is 12.1 Å². The van der Waals surface area contributed by atoms with E-state index in [0.717, 1.165) is 16.7 Å². The number of nitrogens with zero attached hydrogens (tertiary/aromatic N) is 1. The molecule has 5 nitrogen and oxygen atoms in total. The van der Waals surface area contributed by atoms with E-state index in [-0.39, 0.29) is 16.5 Å². The Morgan fingerprint density at radius 1 is 0.833 bits per heavy atom. The Kier molecular flexibility index (Phi) is 5.13. The fourth-order valence-electron chi connectivity index (χ4n) is 3.16. The van der Waals surface area contributed by atoms with Gasteiger partial charge in [0.1, 0.15) is 5.76 Å². The number of sulfonamides is 1. The number of rotatable bonds is 5. The van der Waals surface area contributed by atoms with E-state index in [1.54, 1.807) is 12.1 Å². The molecule has 0 aliphatic heterocycles. The highest BCUT2D eigenvalue weighted by Crippen LogP contribution is 2.47. The molecule has 0 unspecified atom stereocenters. The van der Waals surface area contributed by atoms with Gasteiger partial charge in [-0.1, -0.05) is 78.4 Å². The van der Waals surface area contributed by atoms with Crippen LogP contribution in [-0.4, -0.2) is 8.42 Å². The maximum Gasteiger partial charge on any atom is 0.263 e. The molecule has 0 saturated heterocycles. The zero-order valence-electron chi connectivity index (χ0n) is 16.2. The predicted molar refractivity (Wildman–Crippen MR) is 118 cm³/mol. The smallest absolute Gasteiger partial charge is 0.263 e. The predicted octanol–water partition coefficient (Wildman–Crippen LogP) is 6.27. The molecular weight excluding hydrogens is 396 g/mol. The number of nitrogens with one attached hydrogen (secondary N) is 1. The maximum absolute atomic E-state index is 12.9. The third kappa shape index (κ3) is 3.71. The van der Waals surface area contributed by atoms with Crippen LogP contribution in [0.2, 0.25) is 0 Å². The molecule has 1 N–H and O–H groups in total. The van der Waals surface area contributed by atoms with Crippen molar-refractivity contribution in [3.05, 3.63) is 102 Å². The molecule has 6 heteroatoms. The summed E-state index contributed by atoms with van der Waals surface area (Å²) in [6, 6.07) is 25.1. The van der Waals surface area contributed by atoms with Crippen LogP contribution in [-0.2, 0) is 10.0 Å². The van der Waals surface area contributed by atoms with Gasteiger partial charge in [0.05, 0.1) is 11.5 Å². The minimum Gasteiger partial charge on any atom is -0.450 e. The second-order valence-corrected chi connectivity index (χ2v) is 8.43. The average Bonchev–Trinajstić information content (AvgIpc) is 3.12. The van der Waals surface area contributed by atoms with Crippen molar-refractivity contribution in [2.75, 3.05) is 4.72 Å². The quantitative estimate of drug-likeness (QED) is 0.391. The monoisotopic (exact) mass is 414 g/mol. The Labute approximate surface area is 175 Å². The molecule has 4 rings (SSSR count). The van der Waals surface area contributed by atoms with Crippen molar-refractivity contribution >= 4 is 21.6 Å². The van der Waals surface area contributed by atoms with Crippen LogP contribution in [0.5, 0.6) is 0 Å². The fraction of sp³-hybridized carbons (Fsp3) is 0.0417. The number of furan rings is 1. The van der Waals surface area contributed by atoms with Crippen LogP contribution >= 0.6 is 0 Å². The van der Waals surface area contributed by atoms with E-state index in [4.69, 9.17) is 11.0 Å². The lowest BCUT2D eigenvalue weighted by Gasteiger charge is -2.06. The summed E-state index contributed by atoms with van der Waals surface area (Å²) in [5, 5.41) is 0. The van der Waals surface area contributed by atoms with Crippen LogP contribution in [0.3, 0.4) is 0 Å². The van der Waals surface area contributed by atoms with E-state index in [0.29, 0.717) is 11.3 Å². The maximum atomic E-state index is 12.9. The molecule has 0 spiro atoms. The summed E-state index contributed by atoms with van der Waals surface area (Å²) in [6.45, 7) is 9.60. The van der Waals surface area contributed by atoms with Crippen molar-refractivity contribution in [2.24, 2.45) is 0 Å². The summed E-state index contributed by atoms with van der Waals surface area (Å²) in [5.74, 6) is 0.345. The Morgan fingerprint density at radius 3 is 1.97 bits per heavy atom. The highest BCUT2D eigenvalue weighted by molar-refractivity contribution is 7.92. The minimum absolute atomic E-state index is 0.0942. The summed E-state index contributed by atoms with van der Waals surface area (Å²) in [4.78, 5) is 3.71. The van der Waals surface area contributed by atoms with Crippen LogP contribution in [0.15, 0.2) is 94.2 Å². The summed E-state index contributed by atoms with van der Waals surface area (Å²) >= 11 is 0. The molecule has 148 valence electrons. The van der Waals surface area contributed by atoms with Gasteiger partial charge < -0.3 is 4.42 Å². The second kappa shape index (κ2) is 7.90. The normalized spacial score (nSPS) is 11.1. The molecule has 3 aromatic carbocycles. The molecule has 0 fully saturated rings. The zero-order chi connectivity index (χ0) is 21.1. The van der Waals surface area contributed by atoms with Crippen molar-refractivity contribution in [3.8, 4) is 22.5 Å². The SMILES string of the molecule is [C-]#[N+]c1c(NS(=O)(=O)c2ccc(C)cc2)oc(-c2ccccc2)c1-c1ccccc1. The molecule has 30 heavy (non-hydrogen) atoms. The van der Waals surface area contributed by atoms with Crippen molar-refractivity contribution in [3.63, 3.8) is 0 Å². The highest BCUT2D eigenvalue weighted by atomic mass is 32.2. The summed E-state index contributed by atoms with van der Waals surface area (Å²) in [6.07, 6.45) is 0. The van der Waals surface area contributed by atoms with Gasteiger partial charge in [0.2, 0.25) is 5.88 Å². The van der Waals surface area contributed by atoms with Crippen molar-refractivity contribution in [1.29, 1.82) is 0 Å². The first-order valence-electron chi connectivity index (χ1n) is 9.24. The van der Waals surface area contributed by atoms with Crippen molar-refractivity contribution in [2.45, 2.75) is 11.8 Å². The first-order chi connectivity index (χ1) is 14.5. The molecule has 0 amide bonds. The number of anilines is 1. The van der Waals surface area contributed by atoms with Gasteiger partial charge in [-0.3, -0.25) is 4.72 Å². The van der Waals surface area contributed by atoms with E-state index >= 15 is 0 Å². The summed E-state index contributed by atoms with van der Waals surface area (Å²) in [5.41, 5.74) is 3.15. The summed E-state index contributed by atoms with van der Waals surface area (Å²) < 4.78 is 34.2. The van der Waals surface area contributed by atoms with Gasteiger partial charge in [-0.2, -0.15) is 0 Å². The van der Waals surface area contributed by atoms with Crippen LogP contribution in [0, 0.1) is 13.5 Å². The van der Waals surface area contributed by atoms with Gasteiger partial charge in [0.15, 0.2) is 0 Å². The Balaban J connectivity index is 1.88. The third-order valence-electron chi connectivity index (χ3n) is 4.65. The third-order valence-corrected chi connectivity index (χ3v) is 6.00. The zero-order valence-corrected chi connectivity index (χ0v) is 17.0. The van der Waals surface area contributed by atoms with E-state index in [2.05, 4.69) is 9.57 Å². The molecule has 0 aliphatic rings. The first-order valence-corrected chi connectivity index (χ1v) is 10.7. The van der Waals surface area contributed by atoms with E-state index < -0.39 is 10.0 Å². The standard InChI is InChI=1S/C24H18N2O3S/c1-17-13-15-20(16-14-17)30(27,28)26-24-22(25-2)21(18-9-5-3-6-10-18)23(29-24)19-11-7-4-8-12-19/h3-16,26H,1H3. The Hall–Kier alpha value is -3.82. The Morgan fingerprint density at radius 2 is 1.40 bits per heavy atom. The molecule has 0 saturated carbocycles. The summed E-state index contributed by atoms with van der Waals surface area (Å²) in [7, 11) is -3.92. The average molecular weight is 414 g/mol. The van der Waals surface area contributed by atoms with E-state index in [9.17, 15) is 8.42 Å². The van der Waals surface area contributed by atoms with Crippen LogP contribution < -0.4 is 4.72 Å². The first kappa shape index (κ1) is 19.5. The lowest BCUT2D eigenvalue weighted by molar-refractivity contribution is 0.585. The molecule has 4 aromatic rings. The van der Waals surface area contributed by atoms with Gasteiger partial charge in [-0.05, 0) is 24.6 Å². The highest BCUT2D eigenvalue weighted by Gasteiger charge is 2.26. The lowest BCUT2D eigenvalue weighted by Crippen LogP contribution is -2.12. The number of hydrogen-bond acceptors (Lipinski definition) is 3. The van der Waals surface area contributed by atoms with Crippen LogP contribution in [0.25, 0.3) is 27.3 Å². The van der Waals surface area contributed by atoms with Crippen molar-refractivity contribution < 1.29 is 12.8 Å². The molecule has 0 aliphatic carbocycles. The number of benzene rings is 3. The van der Waals surface area contributed by atoms with Gasteiger partial charge in [-0.25, -0.2) is 13.3 Å². The lowest BCUT2D eigenvalue weighted by atomic mass is 10.0. The molecule has 0 radical (unpaired) electrons. The van der Waals surface area contributed by atoms with Gasteiger partial charge in [-0.15, -0.1) is 0 Å². The van der Waals surface area contributed by atoms with Crippen LogP contribution in [0.1, 0.15) is 5.56 Å². The molecule has 1 aromatic heterocycles. The molecular formula is C24H18N2O3S. The molecule has 0 bridgehead atoms.